The lowest BCUT2D eigenvalue weighted by atomic mass is 10.1. The van der Waals surface area contributed by atoms with Crippen LogP contribution in [0.25, 0.3) is 0 Å². The largest absolute Gasteiger partial charge is 0.411 e. The van der Waals surface area contributed by atoms with Crippen LogP contribution in [0.15, 0.2) is 24.3 Å². The molecule has 2 rings (SSSR count). The molecular formula is C14H13F3N2O. The van der Waals surface area contributed by atoms with Gasteiger partial charge >= 0.3 is 6.18 Å². The molecule has 6 heteroatoms. The molecule has 1 aliphatic carbocycles. The zero-order valence-corrected chi connectivity index (χ0v) is 10.6. The van der Waals surface area contributed by atoms with Gasteiger partial charge in [-0.1, -0.05) is 11.8 Å². The van der Waals surface area contributed by atoms with E-state index in [4.69, 9.17) is 5.73 Å². The highest BCUT2D eigenvalue weighted by Crippen LogP contribution is 2.49. The van der Waals surface area contributed by atoms with Crippen molar-refractivity contribution >= 4 is 5.91 Å². The van der Waals surface area contributed by atoms with Crippen molar-refractivity contribution in [2.75, 3.05) is 6.54 Å². The molecule has 1 aliphatic rings. The Kier molecular flexibility index (Phi) is 3.73. The zero-order valence-electron chi connectivity index (χ0n) is 10.6. The number of carbonyl (C=O) groups excluding carboxylic acids is 1. The minimum atomic E-state index is -4.41. The molecule has 0 radical (unpaired) electrons. The number of amides is 1. The number of nitrogens with one attached hydrogen (secondary N) is 1. The Bertz CT molecular complexity index is 563. The molecule has 3 N–H and O–H groups in total. The predicted molar refractivity (Wildman–Crippen MR) is 67.9 cm³/mol. The second-order valence-corrected chi connectivity index (χ2v) is 4.62. The van der Waals surface area contributed by atoms with Crippen LogP contribution in [-0.4, -0.2) is 24.2 Å². The van der Waals surface area contributed by atoms with Crippen LogP contribution in [0.1, 0.15) is 28.8 Å². The summed E-state index contributed by atoms with van der Waals surface area (Å²) in [6, 6.07) is 6.04. The molecule has 0 unspecified atom stereocenters. The molecule has 1 aromatic carbocycles. The SMILES string of the molecule is NCC#Cc1ccc(C(=O)NC2(C(F)(F)F)CC2)cc1. The lowest BCUT2D eigenvalue weighted by Crippen LogP contribution is -2.47. The van der Waals surface area contributed by atoms with Gasteiger partial charge in [0.25, 0.3) is 5.91 Å². The fourth-order valence-corrected chi connectivity index (χ4v) is 1.75. The van der Waals surface area contributed by atoms with Crippen LogP contribution in [0.4, 0.5) is 13.2 Å². The fraction of sp³-hybridized carbons (Fsp3) is 0.357. The molecule has 0 aromatic heterocycles. The van der Waals surface area contributed by atoms with Crippen LogP contribution >= 0.6 is 0 Å². The van der Waals surface area contributed by atoms with Gasteiger partial charge in [-0.15, -0.1) is 0 Å². The molecule has 0 heterocycles. The molecule has 0 aliphatic heterocycles. The number of hydrogen-bond acceptors (Lipinski definition) is 2. The maximum atomic E-state index is 12.7. The maximum absolute atomic E-state index is 12.7. The monoisotopic (exact) mass is 282 g/mol. The summed E-state index contributed by atoms with van der Waals surface area (Å²) in [7, 11) is 0. The molecule has 1 fully saturated rings. The van der Waals surface area contributed by atoms with E-state index in [0.29, 0.717) is 5.56 Å². The van der Waals surface area contributed by atoms with E-state index >= 15 is 0 Å². The first-order valence-electron chi connectivity index (χ1n) is 6.06. The van der Waals surface area contributed by atoms with Crippen molar-refractivity contribution in [2.24, 2.45) is 5.73 Å². The summed E-state index contributed by atoms with van der Waals surface area (Å²) in [5, 5.41) is 2.07. The van der Waals surface area contributed by atoms with Gasteiger partial charge in [0.05, 0.1) is 6.54 Å². The Morgan fingerprint density at radius 3 is 2.35 bits per heavy atom. The first kappa shape index (κ1) is 14.4. The molecular weight excluding hydrogens is 269 g/mol. The molecule has 1 aromatic rings. The number of rotatable bonds is 2. The van der Waals surface area contributed by atoms with E-state index in [0.717, 1.165) is 0 Å². The van der Waals surface area contributed by atoms with Crippen molar-refractivity contribution in [2.45, 2.75) is 24.6 Å². The Morgan fingerprint density at radius 2 is 1.90 bits per heavy atom. The quantitative estimate of drug-likeness (QED) is 0.813. The van der Waals surface area contributed by atoms with Gasteiger partial charge < -0.3 is 11.1 Å². The standard InChI is InChI=1S/C14H13F3N2O/c15-14(16,17)13(7-8-13)19-12(20)11-5-3-10(4-6-11)2-1-9-18/h3-6H,7-9,18H2,(H,19,20). The Balaban J connectivity index is 2.07. The first-order chi connectivity index (χ1) is 9.38. The Hall–Kier alpha value is -2.00. The second-order valence-electron chi connectivity index (χ2n) is 4.62. The zero-order chi connectivity index (χ0) is 14.8. The molecule has 0 spiro atoms. The molecule has 0 saturated heterocycles. The third kappa shape index (κ3) is 2.94. The molecule has 106 valence electrons. The van der Waals surface area contributed by atoms with Gasteiger partial charge in [-0.05, 0) is 37.1 Å². The van der Waals surface area contributed by atoms with E-state index in [-0.39, 0.29) is 24.9 Å². The van der Waals surface area contributed by atoms with Gasteiger partial charge in [-0.3, -0.25) is 4.79 Å². The Labute approximate surface area is 114 Å². The van der Waals surface area contributed by atoms with E-state index in [1.807, 2.05) is 0 Å². The summed E-state index contributed by atoms with van der Waals surface area (Å²) < 4.78 is 38.2. The average Bonchev–Trinajstić information content (AvgIpc) is 3.17. The normalized spacial score (nSPS) is 16.0. The van der Waals surface area contributed by atoms with Gasteiger partial charge in [0.2, 0.25) is 0 Å². The number of benzene rings is 1. The minimum absolute atomic E-state index is 0.0672. The maximum Gasteiger partial charge on any atom is 0.411 e. The smallest absolute Gasteiger partial charge is 0.338 e. The molecule has 0 atom stereocenters. The van der Waals surface area contributed by atoms with Gasteiger partial charge in [0, 0.05) is 11.1 Å². The summed E-state index contributed by atoms with van der Waals surface area (Å²) in [6.07, 6.45) is -4.54. The van der Waals surface area contributed by atoms with Crippen molar-refractivity contribution < 1.29 is 18.0 Å². The first-order valence-corrected chi connectivity index (χ1v) is 6.06. The summed E-state index contributed by atoms with van der Waals surface area (Å²) in [6.45, 7) is 0.219. The molecule has 20 heavy (non-hydrogen) atoms. The number of hydrogen-bond donors (Lipinski definition) is 2. The van der Waals surface area contributed by atoms with E-state index in [1.165, 1.54) is 12.1 Å². The number of nitrogens with two attached hydrogens (primary N) is 1. The van der Waals surface area contributed by atoms with E-state index < -0.39 is 17.6 Å². The van der Waals surface area contributed by atoms with Crippen LogP contribution < -0.4 is 11.1 Å². The summed E-state index contributed by atoms with van der Waals surface area (Å²) in [5.41, 5.74) is 4.02. The van der Waals surface area contributed by atoms with Crippen molar-refractivity contribution in [1.82, 2.24) is 5.32 Å². The van der Waals surface area contributed by atoms with Gasteiger partial charge in [-0.2, -0.15) is 13.2 Å². The minimum Gasteiger partial charge on any atom is -0.338 e. The lowest BCUT2D eigenvalue weighted by Gasteiger charge is -2.20. The summed E-state index contributed by atoms with van der Waals surface area (Å²) >= 11 is 0. The van der Waals surface area contributed by atoms with Gasteiger partial charge in [0.1, 0.15) is 5.54 Å². The molecule has 0 bridgehead atoms. The third-order valence-corrected chi connectivity index (χ3v) is 3.13. The van der Waals surface area contributed by atoms with Crippen LogP contribution in [0.2, 0.25) is 0 Å². The van der Waals surface area contributed by atoms with Gasteiger partial charge in [0.15, 0.2) is 0 Å². The van der Waals surface area contributed by atoms with Crippen molar-refractivity contribution in [3.05, 3.63) is 35.4 Å². The number of alkyl halides is 3. The van der Waals surface area contributed by atoms with E-state index in [9.17, 15) is 18.0 Å². The third-order valence-electron chi connectivity index (χ3n) is 3.13. The van der Waals surface area contributed by atoms with Crippen LogP contribution in [0.5, 0.6) is 0 Å². The topological polar surface area (TPSA) is 55.1 Å². The summed E-state index contributed by atoms with van der Waals surface area (Å²) in [4.78, 5) is 11.8. The molecule has 1 amide bonds. The average molecular weight is 282 g/mol. The van der Waals surface area contributed by atoms with Crippen LogP contribution in [0, 0.1) is 11.8 Å². The van der Waals surface area contributed by atoms with Crippen LogP contribution in [0.3, 0.4) is 0 Å². The van der Waals surface area contributed by atoms with Crippen LogP contribution in [-0.2, 0) is 0 Å². The van der Waals surface area contributed by atoms with Gasteiger partial charge in [-0.25, -0.2) is 0 Å². The molecule has 3 nitrogen and oxygen atoms in total. The number of halogens is 3. The highest BCUT2D eigenvalue weighted by molar-refractivity contribution is 5.95. The Morgan fingerprint density at radius 1 is 1.30 bits per heavy atom. The van der Waals surface area contributed by atoms with E-state index in [2.05, 4.69) is 17.2 Å². The van der Waals surface area contributed by atoms with E-state index in [1.54, 1.807) is 12.1 Å². The highest BCUT2D eigenvalue weighted by atomic mass is 19.4. The predicted octanol–water partition coefficient (Wildman–Crippen LogP) is 1.82. The lowest BCUT2D eigenvalue weighted by molar-refractivity contribution is -0.163. The van der Waals surface area contributed by atoms with Crippen molar-refractivity contribution in [3.8, 4) is 11.8 Å². The summed E-state index contributed by atoms with van der Waals surface area (Å²) in [5.74, 6) is 4.69. The number of carbonyl (C=O) groups is 1. The molecule has 1 saturated carbocycles. The fourth-order valence-electron chi connectivity index (χ4n) is 1.75. The highest BCUT2D eigenvalue weighted by Gasteiger charge is 2.64. The van der Waals surface area contributed by atoms with Crippen molar-refractivity contribution in [1.29, 1.82) is 0 Å². The second kappa shape index (κ2) is 5.17. The van der Waals surface area contributed by atoms with Crippen molar-refractivity contribution in [3.63, 3.8) is 0 Å².